The Kier molecular flexibility index (Phi) is 7.63. The van der Waals surface area contributed by atoms with Crippen LogP contribution in [0.1, 0.15) is 20.3 Å². The van der Waals surface area contributed by atoms with Crippen molar-refractivity contribution in [1.82, 2.24) is 10.6 Å². The minimum absolute atomic E-state index is 0.0297. The van der Waals surface area contributed by atoms with E-state index in [1.165, 1.54) is 0 Å². The summed E-state index contributed by atoms with van der Waals surface area (Å²) >= 11 is 0. The lowest BCUT2D eigenvalue weighted by Crippen LogP contribution is -2.36. The zero-order chi connectivity index (χ0) is 10.1. The number of amides is 1. The molecule has 1 atom stereocenters. The van der Waals surface area contributed by atoms with E-state index < -0.39 is 0 Å². The highest BCUT2D eigenvalue weighted by Gasteiger charge is 2.11. The Labute approximate surface area is 80.0 Å². The van der Waals surface area contributed by atoms with Crippen LogP contribution < -0.4 is 10.6 Å². The molecule has 1 amide bonds. The lowest BCUT2D eigenvalue weighted by molar-refractivity contribution is -0.131. The first kappa shape index (κ1) is 12.4. The van der Waals surface area contributed by atoms with E-state index in [-0.39, 0.29) is 12.0 Å². The maximum Gasteiger partial charge on any atom is 0.248 e. The maximum absolute atomic E-state index is 11.2. The summed E-state index contributed by atoms with van der Waals surface area (Å²) in [5, 5.41) is 5.72. The number of carbonyl (C=O) groups is 1. The lowest BCUT2D eigenvalue weighted by atomic mass is 10.3. The van der Waals surface area contributed by atoms with Crippen LogP contribution in [0.15, 0.2) is 0 Å². The summed E-state index contributed by atoms with van der Waals surface area (Å²) in [6.45, 7) is 5.84. The highest BCUT2D eigenvalue weighted by molar-refractivity contribution is 5.80. The van der Waals surface area contributed by atoms with Gasteiger partial charge in [-0.2, -0.15) is 0 Å². The van der Waals surface area contributed by atoms with Crippen LogP contribution in [0.3, 0.4) is 0 Å². The second-order valence-corrected chi connectivity index (χ2v) is 2.91. The van der Waals surface area contributed by atoms with Crippen molar-refractivity contribution in [3.05, 3.63) is 0 Å². The fourth-order valence-corrected chi connectivity index (χ4v) is 0.805. The molecule has 0 aliphatic heterocycles. The third kappa shape index (κ3) is 6.54. The van der Waals surface area contributed by atoms with Gasteiger partial charge in [0, 0.05) is 13.1 Å². The number of likely N-dealkylation sites (N-methyl/N-ethyl adjacent to an activating group) is 1. The Bertz CT molecular complexity index is 140. The van der Waals surface area contributed by atoms with Crippen molar-refractivity contribution in [3.8, 4) is 0 Å². The molecule has 0 rings (SSSR count). The fraction of sp³-hybridized carbons (Fsp3) is 0.889. The zero-order valence-corrected chi connectivity index (χ0v) is 8.72. The molecule has 0 saturated heterocycles. The Balaban J connectivity index is 3.45. The zero-order valence-electron chi connectivity index (χ0n) is 8.72. The molecule has 0 aromatic heterocycles. The van der Waals surface area contributed by atoms with Crippen LogP contribution in [0, 0.1) is 0 Å². The number of hydrogen-bond donors (Lipinski definition) is 2. The van der Waals surface area contributed by atoms with Gasteiger partial charge in [-0.1, -0.05) is 6.92 Å². The summed E-state index contributed by atoms with van der Waals surface area (Å²) in [5.41, 5.74) is 0. The molecule has 1 unspecified atom stereocenters. The molecule has 78 valence electrons. The third-order valence-corrected chi connectivity index (χ3v) is 1.64. The van der Waals surface area contributed by atoms with Gasteiger partial charge in [-0.05, 0) is 20.4 Å². The first-order valence-corrected chi connectivity index (χ1v) is 4.76. The van der Waals surface area contributed by atoms with E-state index in [0.717, 1.165) is 19.5 Å². The number of nitrogens with one attached hydrogen (secondary N) is 2. The fourth-order valence-electron chi connectivity index (χ4n) is 0.805. The number of rotatable bonds is 7. The van der Waals surface area contributed by atoms with Crippen LogP contribution in [0.4, 0.5) is 0 Å². The predicted octanol–water partition coefficient (Wildman–Crippen LogP) is 0.137. The quantitative estimate of drug-likeness (QED) is 0.559. The van der Waals surface area contributed by atoms with Gasteiger partial charge in [0.1, 0.15) is 6.10 Å². The molecule has 0 aliphatic carbocycles. The molecular weight excluding hydrogens is 168 g/mol. The van der Waals surface area contributed by atoms with Crippen LogP contribution in [0.2, 0.25) is 0 Å². The van der Waals surface area contributed by atoms with E-state index in [1.54, 1.807) is 6.92 Å². The Hall–Kier alpha value is -0.610. The normalized spacial score (nSPS) is 12.5. The lowest BCUT2D eigenvalue weighted by Gasteiger charge is -2.12. The van der Waals surface area contributed by atoms with Crippen molar-refractivity contribution in [1.29, 1.82) is 0 Å². The highest BCUT2D eigenvalue weighted by atomic mass is 16.5. The van der Waals surface area contributed by atoms with Crippen molar-refractivity contribution in [2.75, 3.05) is 26.7 Å². The summed E-state index contributed by atoms with van der Waals surface area (Å²) < 4.78 is 5.27. The van der Waals surface area contributed by atoms with Crippen molar-refractivity contribution in [2.45, 2.75) is 26.4 Å². The molecule has 0 aromatic carbocycles. The van der Waals surface area contributed by atoms with Crippen LogP contribution in [-0.2, 0) is 9.53 Å². The first-order chi connectivity index (χ1) is 6.22. The van der Waals surface area contributed by atoms with Crippen LogP contribution in [-0.4, -0.2) is 38.8 Å². The molecule has 2 N–H and O–H groups in total. The molecule has 0 radical (unpaired) electrons. The second-order valence-electron chi connectivity index (χ2n) is 2.91. The van der Waals surface area contributed by atoms with Gasteiger partial charge in [0.15, 0.2) is 0 Å². The van der Waals surface area contributed by atoms with E-state index in [0.29, 0.717) is 6.61 Å². The summed E-state index contributed by atoms with van der Waals surface area (Å²) in [6.07, 6.45) is 0.606. The van der Waals surface area contributed by atoms with Gasteiger partial charge in [0.2, 0.25) is 5.91 Å². The van der Waals surface area contributed by atoms with Crippen LogP contribution >= 0.6 is 0 Å². The number of ether oxygens (including phenoxy) is 1. The third-order valence-electron chi connectivity index (χ3n) is 1.64. The van der Waals surface area contributed by atoms with Gasteiger partial charge in [-0.15, -0.1) is 0 Å². The van der Waals surface area contributed by atoms with Gasteiger partial charge >= 0.3 is 0 Å². The predicted molar refractivity (Wildman–Crippen MR) is 52.6 cm³/mol. The monoisotopic (exact) mass is 188 g/mol. The molecule has 4 nitrogen and oxygen atoms in total. The highest BCUT2D eigenvalue weighted by Crippen LogP contribution is 1.89. The first-order valence-electron chi connectivity index (χ1n) is 4.76. The Morgan fingerprint density at radius 2 is 2.15 bits per heavy atom. The molecule has 0 bridgehead atoms. The molecule has 0 saturated carbocycles. The van der Waals surface area contributed by atoms with Crippen molar-refractivity contribution < 1.29 is 9.53 Å². The van der Waals surface area contributed by atoms with E-state index in [2.05, 4.69) is 10.6 Å². The molecule has 0 fully saturated rings. The van der Waals surface area contributed by atoms with Gasteiger partial charge in [0.25, 0.3) is 0 Å². The summed E-state index contributed by atoms with van der Waals surface area (Å²) in [4.78, 5) is 11.2. The minimum atomic E-state index is -0.347. The van der Waals surface area contributed by atoms with Crippen molar-refractivity contribution >= 4 is 5.91 Å². The van der Waals surface area contributed by atoms with E-state index in [1.807, 2.05) is 14.0 Å². The summed E-state index contributed by atoms with van der Waals surface area (Å²) in [5.74, 6) is -0.0297. The summed E-state index contributed by atoms with van der Waals surface area (Å²) in [6, 6.07) is 0. The van der Waals surface area contributed by atoms with Gasteiger partial charge < -0.3 is 15.4 Å². The van der Waals surface area contributed by atoms with E-state index in [4.69, 9.17) is 4.74 Å². The van der Waals surface area contributed by atoms with Gasteiger partial charge in [-0.25, -0.2) is 0 Å². The molecule has 4 heteroatoms. The number of hydrogen-bond acceptors (Lipinski definition) is 3. The van der Waals surface area contributed by atoms with Crippen LogP contribution in [0.25, 0.3) is 0 Å². The smallest absolute Gasteiger partial charge is 0.248 e. The second kappa shape index (κ2) is 8.01. The molecule has 0 aliphatic rings. The standard InChI is InChI=1S/C9H20N2O2/c1-4-5-11-9(12)8(2)13-7-6-10-3/h8,10H,4-7H2,1-3H3,(H,11,12). The van der Waals surface area contributed by atoms with E-state index in [9.17, 15) is 4.79 Å². The molecule has 13 heavy (non-hydrogen) atoms. The van der Waals surface area contributed by atoms with Gasteiger partial charge in [-0.3, -0.25) is 4.79 Å². The van der Waals surface area contributed by atoms with Crippen molar-refractivity contribution in [2.24, 2.45) is 0 Å². The Morgan fingerprint density at radius 1 is 1.46 bits per heavy atom. The number of carbonyl (C=O) groups excluding carboxylic acids is 1. The SMILES string of the molecule is CCCNC(=O)C(C)OCCNC. The van der Waals surface area contributed by atoms with Crippen LogP contribution in [0.5, 0.6) is 0 Å². The molecule has 0 aromatic rings. The average Bonchev–Trinajstić information content (AvgIpc) is 2.14. The minimum Gasteiger partial charge on any atom is -0.367 e. The van der Waals surface area contributed by atoms with E-state index >= 15 is 0 Å². The molecule has 0 spiro atoms. The maximum atomic E-state index is 11.2. The largest absolute Gasteiger partial charge is 0.367 e. The summed E-state index contributed by atoms with van der Waals surface area (Å²) in [7, 11) is 1.85. The Morgan fingerprint density at radius 3 is 2.69 bits per heavy atom. The van der Waals surface area contributed by atoms with Gasteiger partial charge in [0.05, 0.1) is 6.61 Å². The average molecular weight is 188 g/mol. The molecular formula is C9H20N2O2. The molecule has 0 heterocycles. The van der Waals surface area contributed by atoms with Crippen molar-refractivity contribution in [3.63, 3.8) is 0 Å². The topological polar surface area (TPSA) is 50.4 Å².